The third-order valence-electron chi connectivity index (χ3n) is 3.89. The van der Waals surface area contributed by atoms with Gasteiger partial charge in [0.15, 0.2) is 0 Å². The van der Waals surface area contributed by atoms with Gasteiger partial charge < -0.3 is 5.32 Å². The molecular weight excluding hydrogens is 227 g/mol. The fourth-order valence-corrected chi connectivity index (χ4v) is 2.99. The van der Waals surface area contributed by atoms with Crippen LogP contribution in [0.1, 0.15) is 32.1 Å². The van der Waals surface area contributed by atoms with Crippen LogP contribution in [0.3, 0.4) is 0 Å². The van der Waals surface area contributed by atoms with Crippen LogP contribution in [-0.4, -0.2) is 19.3 Å². The zero-order valence-electron chi connectivity index (χ0n) is 9.97. The summed E-state index contributed by atoms with van der Waals surface area (Å²) in [6, 6.07) is 0. The lowest BCUT2D eigenvalue weighted by Crippen LogP contribution is -2.26. The molecule has 0 aromatic carbocycles. The molecular formula is C13H20F3N. The molecule has 0 heterocycles. The fraction of sp³-hybridized carbons (Fsp3) is 0.846. The highest BCUT2D eigenvalue weighted by molar-refractivity contribution is 5.10. The summed E-state index contributed by atoms with van der Waals surface area (Å²) in [5.41, 5.74) is 0. The molecule has 1 N–H and O–H groups in total. The summed E-state index contributed by atoms with van der Waals surface area (Å²) in [6.07, 6.45) is 3.40. The van der Waals surface area contributed by atoms with Gasteiger partial charge in [-0.2, -0.15) is 13.2 Å². The van der Waals surface area contributed by atoms with Gasteiger partial charge in [-0.25, -0.2) is 0 Å². The van der Waals surface area contributed by atoms with Crippen LogP contribution in [0.2, 0.25) is 0 Å². The lowest BCUT2D eigenvalue weighted by Gasteiger charge is -2.18. The first-order chi connectivity index (χ1) is 8.04. The first-order valence-electron chi connectivity index (χ1n) is 6.50. The van der Waals surface area contributed by atoms with Gasteiger partial charge in [-0.3, -0.25) is 0 Å². The van der Waals surface area contributed by atoms with Gasteiger partial charge in [0.1, 0.15) is 0 Å². The van der Waals surface area contributed by atoms with Crippen molar-refractivity contribution in [3.8, 4) is 0 Å². The third kappa shape index (κ3) is 4.02. The summed E-state index contributed by atoms with van der Waals surface area (Å²) in [4.78, 5) is 0. The second-order valence-electron chi connectivity index (χ2n) is 5.32. The van der Waals surface area contributed by atoms with Crippen molar-refractivity contribution in [3.63, 3.8) is 0 Å². The van der Waals surface area contributed by atoms with Gasteiger partial charge in [0, 0.05) is 6.42 Å². The number of rotatable bonds is 6. The van der Waals surface area contributed by atoms with Gasteiger partial charge >= 0.3 is 6.18 Å². The van der Waals surface area contributed by atoms with Crippen molar-refractivity contribution < 1.29 is 13.2 Å². The molecule has 1 nitrogen and oxygen atoms in total. The van der Waals surface area contributed by atoms with E-state index in [4.69, 9.17) is 0 Å². The summed E-state index contributed by atoms with van der Waals surface area (Å²) in [5, 5.41) is 3.30. The Labute approximate surface area is 100 Å². The van der Waals surface area contributed by atoms with E-state index < -0.39 is 12.6 Å². The predicted octanol–water partition coefficient (Wildman–Crippen LogP) is 3.52. The number of allylic oxidation sites excluding steroid dienone is 2. The van der Waals surface area contributed by atoms with E-state index in [1.165, 1.54) is 12.8 Å². The van der Waals surface area contributed by atoms with Crippen LogP contribution < -0.4 is 5.32 Å². The van der Waals surface area contributed by atoms with Crippen LogP contribution in [0.5, 0.6) is 0 Å². The van der Waals surface area contributed by atoms with E-state index in [-0.39, 0.29) is 6.42 Å². The second kappa shape index (κ2) is 5.42. The first kappa shape index (κ1) is 12.9. The van der Waals surface area contributed by atoms with Gasteiger partial charge in [-0.1, -0.05) is 12.2 Å². The van der Waals surface area contributed by atoms with E-state index in [0.717, 1.165) is 18.4 Å². The third-order valence-corrected chi connectivity index (χ3v) is 3.89. The van der Waals surface area contributed by atoms with Crippen LogP contribution in [0, 0.1) is 17.8 Å². The maximum Gasteiger partial charge on any atom is 0.389 e. The van der Waals surface area contributed by atoms with E-state index in [1.807, 2.05) is 0 Å². The number of nitrogens with one attached hydrogen (secondary N) is 1. The Balaban J connectivity index is 1.49. The van der Waals surface area contributed by atoms with Gasteiger partial charge in [-0.05, 0) is 56.5 Å². The molecule has 3 unspecified atom stereocenters. The SMILES string of the molecule is FC(F)(F)CCCCNCC1CC2C=CC1C2. The predicted molar refractivity (Wildman–Crippen MR) is 61.6 cm³/mol. The molecule has 0 aromatic rings. The Kier molecular flexibility index (Phi) is 4.13. The molecule has 0 saturated heterocycles. The number of alkyl halides is 3. The molecule has 0 aromatic heterocycles. The number of hydrogen-bond donors (Lipinski definition) is 1. The Morgan fingerprint density at radius 1 is 1.12 bits per heavy atom. The summed E-state index contributed by atoms with van der Waals surface area (Å²) in [7, 11) is 0. The summed E-state index contributed by atoms with van der Waals surface area (Å²) < 4.78 is 35.7. The Hall–Kier alpha value is -0.510. The monoisotopic (exact) mass is 247 g/mol. The first-order valence-corrected chi connectivity index (χ1v) is 6.50. The minimum Gasteiger partial charge on any atom is -0.316 e. The fourth-order valence-electron chi connectivity index (χ4n) is 2.99. The molecule has 2 aliphatic rings. The molecule has 4 heteroatoms. The molecule has 98 valence electrons. The average Bonchev–Trinajstić information content (AvgIpc) is 2.83. The lowest BCUT2D eigenvalue weighted by molar-refractivity contribution is -0.135. The van der Waals surface area contributed by atoms with Gasteiger partial charge in [0.05, 0.1) is 0 Å². The van der Waals surface area contributed by atoms with E-state index >= 15 is 0 Å². The quantitative estimate of drug-likeness (QED) is 0.559. The Morgan fingerprint density at radius 3 is 2.53 bits per heavy atom. The van der Waals surface area contributed by atoms with Crippen LogP contribution in [0.15, 0.2) is 12.2 Å². The Bertz CT molecular complexity index is 272. The molecule has 2 aliphatic carbocycles. The topological polar surface area (TPSA) is 12.0 Å². The highest BCUT2D eigenvalue weighted by Gasteiger charge is 2.34. The molecule has 1 fully saturated rings. The minimum absolute atomic E-state index is 0.243. The average molecular weight is 247 g/mol. The normalized spacial score (nSPS) is 31.4. The molecule has 0 radical (unpaired) electrons. The van der Waals surface area contributed by atoms with Crippen molar-refractivity contribution in [1.82, 2.24) is 5.32 Å². The van der Waals surface area contributed by atoms with Crippen LogP contribution >= 0.6 is 0 Å². The van der Waals surface area contributed by atoms with Crippen molar-refractivity contribution in [2.45, 2.75) is 38.3 Å². The largest absolute Gasteiger partial charge is 0.389 e. The van der Waals surface area contributed by atoms with Crippen LogP contribution in [-0.2, 0) is 0 Å². The van der Waals surface area contributed by atoms with Crippen LogP contribution in [0.25, 0.3) is 0 Å². The van der Waals surface area contributed by atoms with Crippen molar-refractivity contribution in [2.24, 2.45) is 17.8 Å². The Morgan fingerprint density at radius 2 is 1.94 bits per heavy atom. The molecule has 0 amide bonds. The van der Waals surface area contributed by atoms with Gasteiger partial charge in [0.2, 0.25) is 0 Å². The minimum atomic E-state index is -3.99. The lowest BCUT2D eigenvalue weighted by atomic mass is 9.93. The summed E-state index contributed by atoms with van der Waals surface area (Å²) in [6.45, 7) is 1.69. The number of unbranched alkanes of at least 4 members (excludes halogenated alkanes) is 1. The van der Waals surface area contributed by atoms with Crippen molar-refractivity contribution in [2.75, 3.05) is 13.1 Å². The molecule has 2 bridgehead atoms. The number of halogens is 3. The van der Waals surface area contributed by atoms with Gasteiger partial charge in [-0.15, -0.1) is 0 Å². The summed E-state index contributed by atoms with van der Waals surface area (Å²) >= 11 is 0. The van der Waals surface area contributed by atoms with Crippen LogP contribution in [0.4, 0.5) is 13.2 Å². The maximum absolute atomic E-state index is 11.9. The van der Waals surface area contributed by atoms with E-state index in [1.54, 1.807) is 0 Å². The molecule has 17 heavy (non-hydrogen) atoms. The van der Waals surface area contributed by atoms with E-state index in [2.05, 4.69) is 17.5 Å². The standard InChI is InChI=1S/C13H20F3N/c14-13(15,16)5-1-2-6-17-9-12-8-10-3-4-11(12)7-10/h3-4,10-12,17H,1-2,5-9H2. The zero-order valence-corrected chi connectivity index (χ0v) is 9.97. The molecule has 2 rings (SSSR count). The highest BCUT2D eigenvalue weighted by atomic mass is 19.4. The molecule has 0 aliphatic heterocycles. The molecule has 0 spiro atoms. The molecule has 3 atom stereocenters. The summed E-state index contributed by atoms with van der Waals surface area (Å²) in [5.74, 6) is 2.22. The van der Waals surface area contributed by atoms with Crippen molar-refractivity contribution in [1.29, 1.82) is 0 Å². The van der Waals surface area contributed by atoms with E-state index in [9.17, 15) is 13.2 Å². The number of fused-ring (bicyclic) bond motifs is 2. The number of hydrogen-bond acceptors (Lipinski definition) is 1. The second-order valence-corrected chi connectivity index (χ2v) is 5.32. The maximum atomic E-state index is 11.9. The smallest absolute Gasteiger partial charge is 0.316 e. The highest BCUT2D eigenvalue weighted by Crippen LogP contribution is 2.42. The van der Waals surface area contributed by atoms with E-state index in [0.29, 0.717) is 18.9 Å². The zero-order chi connectivity index (χ0) is 12.3. The molecule has 1 saturated carbocycles. The van der Waals surface area contributed by atoms with Crippen molar-refractivity contribution >= 4 is 0 Å². The van der Waals surface area contributed by atoms with Crippen molar-refractivity contribution in [3.05, 3.63) is 12.2 Å². The van der Waals surface area contributed by atoms with Gasteiger partial charge in [0.25, 0.3) is 0 Å².